The Morgan fingerprint density at radius 1 is 1.39 bits per heavy atom. The monoisotopic (exact) mass is 248 g/mol. The van der Waals surface area contributed by atoms with Gasteiger partial charge in [-0.3, -0.25) is 0 Å². The van der Waals surface area contributed by atoms with E-state index in [0.717, 1.165) is 19.6 Å². The third-order valence-electron chi connectivity index (χ3n) is 3.60. The predicted octanol–water partition coefficient (Wildman–Crippen LogP) is 2.41. The third-order valence-corrected chi connectivity index (χ3v) is 3.60. The number of nitrogens with zero attached hydrogens (tertiary/aromatic N) is 1. The Morgan fingerprint density at radius 3 is 3.00 bits per heavy atom. The predicted molar refractivity (Wildman–Crippen MR) is 76.1 cm³/mol. The molecule has 1 aromatic rings. The number of ether oxygens (including phenoxy) is 1. The summed E-state index contributed by atoms with van der Waals surface area (Å²) >= 11 is 0. The van der Waals surface area contributed by atoms with Gasteiger partial charge in [0.25, 0.3) is 0 Å². The summed E-state index contributed by atoms with van der Waals surface area (Å²) in [5.41, 5.74) is 2.62. The van der Waals surface area contributed by atoms with Crippen molar-refractivity contribution in [1.29, 1.82) is 0 Å². The van der Waals surface area contributed by atoms with E-state index in [1.807, 2.05) is 0 Å². The standard InChI is InChI=1S/C15H24N2O/c1-3-14-11-17(10-6-9-16-14)15-8-5-4-7-13(15)12-18-2/h4-5,7-8,14,16H,3,6,9-12H2,1-2H3. The van der Waals surface area contributed by atoms with Gasteiger partial charge in [-0.1, -0.05) is 25.1 Å². The summed E-state index contributed by atoms with van der Waals surface area (Å²) in [7, 11) is 1.76. The van der Waals surface area contributed by atoms with E-state index < -0.39 is 0 Å². The molecule has 0 saturated carbocycles. The first-order chi connectivity index (χ1) is 8.85. The molecule has 0 radical (unpaired) electrons. The molecule has 0 aliphatic carbocycles. The second kappa shape index (κ2) is 6.76. The molecule has 1 N–H and O–H groups in total. The van der Waals surface area contributed by atoms with Crippen LogP contribution in [0.1, 0.15) is 25.3 Å². The first-order valence-corrected chi connectivity index (χ1v) is 6.90. The van der Waals surface area contributed by atoms with E-state index in [9.17, 15) is 0 Å². The minimum absolute atomic E-state index is 0.600. The van der Waals surface area contributed by atoms with E-state index in [0.29, 0.717) is 12.6 Å². The number of rotatable bonds is 4. The van der Waals surface area contributed by atoms with E-state index in [-0.39, 0.29) is 0 Å². The maximum absolute atomic E-state index is 5.30. The highest BCUT2D eigenvalue weighted by molar-refractivity contribution is 5.53. The fraction of sp³-hybridized carbons (Fsp3) is 0.600. The highest BCUT2D eigenvalue weighted by Crippen LogP contribution is 2.22. The first kappa shape index (κ1) is 13.4. The van der Waals surface area contributed by atoms with E-state index >= 15 is 0 Å². The van der Waals surface area contributed by atoms with Crippen LogP contribution in [0, 0.1) is 0 Å². The molecule has 0 aromatic heterocycles. The Balaban J connectivity index is 2.17. The molecule has 1 aromatic carbocycles. The molecule has 1 aliphatic heterocycles. The third kappa shape index (κ3) is 3.24. The van der Waals surface area contributed by atoms with Crippen LogP contribution in [0.15, 0.2) is 24.3 Å². The normalized spacial score (nSPS) is 20.8. The quantitative estimate of drug-likeness (QED) is 0.885. The van der Waals surface area contributed by atoms with Crippen LogP contribution in [-0.2, 0) is 11.3 Å². The molecule has 2 rings (SSSR count). The smallest absolute Gasteiger partial charge is 0.0733 e. The minimum Gasteiger partial charge on any atom is -0.380 e. The summed E-state index contributed by atoms with van der Waals surface area (Å²) in [6.45, 7) is 6.29. The first-order valence-electron chi connectivity index (χ1n) is 6.90. The van der Waals surface area contributed by atoms with Crippen LogP contribution in [0.4, 0.5) is 5.69 Å². The lowest BCUT2D eigenvalue weighted by molar-refractivity contribution is 0.185. The Morgan fingerprint density at radius 2 is 2.22 bits per heavy atom. The van der Waals surface area contributed by atoms with Gasteiger partial charge in [-0.2, -0.15) is 0 Å². The van der Waals surface area contributed by atoms with Crippen molar-refractivity contribution < 1.29 is 4.74 Å². The van der Waals surface area contributed by atoms with Gasteiger partial charge in [-0.15, -0.1) is 0 Å². The van der Waals surface area contributed by atoms with E-state index in [4.69, 9.17) is 4.74 Å². The van der Waals surface area contributed by atoms with Gasteiger partial charge in [-0.05, 0) is 25.5 Å². The Labute approximate surface area is 110 Å². The lowest BCUT2D eigenvalue weighted by Crippen LogP contribution is -2.37. The molecule has 3 heteroatoms. The fourth-order valence-electron chi connectivity index (χ4n) is 2.59. The average Bonchev–Trinajstić information content (AvgIpc) is 2.65. The molecule has 1 aliphatic rings. The van der Waals surface area contributed by atoms with Crippen LogP contribution in [0.2, 0.25) is 0 Å². The molecular weight excluding hydrogens is 224 g/mol. The van der Waals surface area contributed by atoms with Gasteiger partial charge >= 0.3 is 0 Å². The number of anilines is 1. The topological polar surface area (TPSA) is 24.5 Å². The summed E-state index contributed by atoms with van der Waals surface area (Å²) in [6.07, 6.45) is 2.39. The maximum atomic E-state index is 5.30. The van der Waals surface area contributed by atoms with Gasteiger partial charge in [0.2, 0.25) is 0 Å². The Hall–Kier alpha value is -1.06. The number of para-hydroxylation sites is 1. The van der Waals surface area contributed by atoms with Gasteiger partial charge in [0.1, 0.15) is 0 Å². The second-order valence-electron chi connectivity index (χ2n) is 4.92. The van der Waals surface area contributed by atoms with Crippen molar-refractivity contribution in [3.05, 3.63) is 29.8 Å². The van der Waals surface area contributed by atoms with Gasteiger partial charge in [0.05, 0.1) is 6.61 Å². The van der Waals surface area contributed by atoms with Crippen molar-refractivity contribution in [3.8, 4) is 0 Å². The number of benzene rings is 1. The van der Waals surface area contributed by atoms with Crippen LogP contribution in [-0.4, -0.2) is 32.8 Å². The number of hydrogen-bond acceptors (Lipinski definition) is 3. The molecule has 0 spiro atoms. The Kier molecular flexibility index (Phi) is 5.02. The number of nitrogens with one attached hydrogen (secondary N) is 1. The summed E-state index contributed by atoms with van der Waals surface area (Å²) < 4.78 is 5.30. The summed E-state index contributed by atoms with van der Waals surface area (Å²) in [4.78, 5) is 2.50. The summed E-state index contributed by atoms with van der Waals surface area (Å²) in [5, 5.41) is 3.61. The van der Waals surface area contributed by atoms with Crippen molar-refractivity contribution in [2.24, 2.45) is 0 Å². The van der Waals surface area contributed by atoms with Gasteiger partial charge in [-0.25, -0.2) is 0 Å². The molecule has 100 valence electrons. The fourth-order valence-corrected chi connectivity index (χ4v) is 2.59. The lowest BCUT2D eigenvalue weighted by atomic mass is 10.1. The van der Waals surface area contributed by atoms with Crippen molar-refractivity contribution in [2.75, 3.05) is 31.6 Å². The minimum atomic E-state index is 0.600. The van der Waals surface area contributed by atoms with Crippen LogP contribution >= 0.6 is 0 Å². The van der Waals surface area contributed by atoms with E-state index in [1.165, 1.54) is 24.1 Å². The van der Waals surface area contributed by atoms with Crippen LogP contribution in [0.3, 0.4) is 0 Å². The highest BCUT2D eigenvalue weighted by atomic mass is 16.5. The lowest BCUT2D eigenvalue weighted by Gasteiger charge is -2.28. The van der Waals surface area contributed by atoms with Crippen molar-refractivity contribution in [3.63, 3.8) is 0 Å². The average molecular weight is 248 g/mol. The van der Waals surface area contributed by atoms with E-state index in [2.05, 4.69) is 41.4 Å². The van der Waals surface area contributed by atoms with Crippen molar-refractivity contribution in [2.45, 2.75) is 32.4 Å². The molecule has 3 nitrogen and oxygen atoms in total. The van der Waals surface area contributed by atoms with Crippen LogP contribution in [0.25, 0.3) is 0 Å². The number of hydrogen-bond donors (Lipinski definition) is 1. The summed E-state index contributed by atoms with van der Waals surface area (Å²) in [6, 6.07) is 9.19. The van der Waals surface area contributed by atoms with Gasteiger partial charge < -0.3 is 15.0 Å². The number of methoxy groups -OCH3 is 1. The highest BCUT2D eigenvalue weighted by Gasteiger charge is 2.18. The molecule has 1 saturated heterocycles. The molecule has 1 heterocycles. The largest absolute Gasteiger partial charge is 0.380 e. The van der Waals surface area contributed by atoms with Crippen molar-refractivity contribution >= 4 is 5.69 Å². The van der Waals surface area contributed by atoms with Gasteiger partial charge in [0.15, 0.2) is 0 Å². The SMILES string of the molecule is CCC1CN(c2ccccc2COC)CCCN1. The molecule has 0 amide bonds. The molecule has 18 heavy (non-hydrogen) atoms. The van der Waals surface area contributed by atoms with E-state index in [1.54, 1.807) is 7.11 Å². The Bertz CT molecular complexity index is 367. The zero-order valence-electron chi connectivity index (χ0n) is 11.5. The molecule has 1 fully saturated rings. The maximum Gasteiger partial charge on any atom is 0.0733 e. The summed E-state index contributed by atoms with van der Waals surface area (Å²) in [5.74, 6) is 0. The van der Waals surface area contributed by atoms with Crippen molar-refractivity contribution in [1.82, 2.24) is 5.32 Å². The van der Waals surface area contributed by atoms with Crippen LogP contribution in [0.5, 0.6) is 0 Å². The second-order valence-corrected chi connectivity index (χ2v) is 4.92. The molecule has 0 bridgehead atoms. The molecule has 1 atom stereocenters. The molecule has 1 unspecified atom stereocenters. The van der Waals surface area contributed by atoms with Crippen LogP contribution < -0.4 is 10.2 Å². The zero-order chi connectivity index (χ0) is 12.8. The zero-order valence-corrected chi connectivity index (χ0v) is 11.5. The molecular formula is C15H24N2O. The van der Waals surface area contributed by atoms with Gasteiger partial charge in [0, 0.05) is 37.5 Å².